The first-order valence-corrected chi connectivity index (χ1v) is 7.74. The van der Waals surface area contributed by atoms with Gasteiger partial charge < -0.3 is 4.90 Å². The molecule has 0 aliphatic carbocycles. The molecule has 0 radical (unpaired) electrons. The van der Waals surface area contributed by atoms with Crippen LogP contribution in [0, 0.1) is 13.8 Å². The third kappa shape index (κ3) is 2.75. The summed E-state index contributed by atoms with van der Waals surface area (Å²) in [4.78, 5) is 19.0. The van der Waals surface area contributed by atoms with Gasteiger partial charge in [0, 0.05) is 25.5 Å². The molecule has 1 fully saturated rings. The number of likely N-dealkylation sites (tertiary alicyclic amines) is 1. The lowest BCUT2D eigenvalue weighted by atomic mass is 10.0. The molecule has 3 heterocycles. The standard InChI is InChI=1S/C15H22N6O/c1-11(20-9-5-7-16-20)15(22)19-8-4-6-14(10-19)21-13(3)17-12(2)18-21/h5,7,9,11,14H,4,6,8,10H2,1-3H3/t11-,14+/m1/s1. The summed E-state index contributed by atoms with van der Waals surface area (Å²) in [6, 6.07) is 1.78. The molecule has 3 rings (SSSR count). The number of amides is 1. The predicted molar refractivity (Wildman–Crippen MR) is 81.3 cm³/mol. The van der Waals surface area contributed by atoms with Crippen molar-refractivity contribution in [1.29, 1.82) is 0 Å². The van der Waals surface area contributed by atoms with E-state index in [9.17, 15) is 4.79 Å². The molecule has 0 aromatic carbocycles. The van der Waals surface area contributed by atoms with Crippen molar-refractivity contribution in [3.63, 3.8) is 0 Å². The molecular formula is C15H22N6O. The van der Waals surface area contributed by atoms with Crippen molar-refractivity contribution >= 4 is 5.91 Å². The zero-order chi connectivity index (χ0) is 15.7. The van der Waals surface area contributed by atoms with Crippen molar-refractivity contribution < 1.29 is 4.79 Å². The highest BCUT2D eigenvalue weighted by atomic mass is 16.2. The highest BCUT2D eigenvalue weighted by Gasteiger charge is 2.29. The molecule has 0 unspecified atom stereocenters. The van der Waals surface area contributed by atoms with Crippen molar-refractivity contribution in [1.82, 2.24) is 29.4 Å². The van der Waals surface area contributed by atoms with E-state index in [2.05, 4.69) is 15.2 Å². The molecule has 1 amide bonds. The second-order valence-corrected chi connectivity index (χ2v) is 5.89. The summed E-state index contributed by atoms with van der Waals surface area (Å²) >= 11 is 0. The second-order valence-electron chi connectivity index (χ2n) is 5.89. The predicted octanol–water partition coefficient (Wildman–Crippen LogP) is 1.52. The van der Waals surface area contributed by atoms with E-state index in [1.807, 2.05) is 42.6 Å². The Labute approximate surface area is 129 Å². The summed E-state index contributed by atoms with van der Waals surface area (Å²) in [5.74, 6) is 1.81. The molecule has 0 spiro atoms. The first-order valence-electron chi connectivity index (χ1n) is 7.74. The van der Waals surface area contributed by atoms with Crippen LogP contribution in [0.25, 0.3) is 0 Å². The van der Waals surface area contributed by atoms with Crippen LogP contribution in [0.4, 0.5) is 0 Å². The van der Waals surface area contributed by atoms with Crippen LogP contribution in [0.1, 0.15) is 43.5 Å². The van der Waals surface area contributed by atoms with E-state index in [-0.39, 0.29) is 18.0 Å². The van der Waals surface area contributed by atoms with E-state index >= 15 is 0 Å². The van der Waals surface area contributed by atoms with Gasteiger partial charge in [0.2, 0.25) is 5.91 Å². The molecule has 2 atom stereocenters. The largest absolute Gasteiger partial charge is 0.339 e. The fourth-order valence-electron chi connectivity index (χ4n) is 3.12. The Kier molecular flexibility index (Phi) is 3.96. The van der Waals surface area contributed by atoms with Gasteiger partial charge in [0.25, 0.3) is 0 Å². The number of aromatic nitrogens is 5. The quantitative estimate of drug-likeness (QED) is 0.862. The molecule has 7 nitrogen and oxygen atoms in total. The Morgan fingerprint density at radius 2 is 2.23 bits per heavy atom. The van der Waals surface area contributed by atoms with E-state index in [0.29, 0.717) is 6.54 Å². The summed E-state index contributed by atoms with van der Waals surface area (Å²) < 4.78 is 3.67. The van der Waals surface area contributed by atoms with Gasteiger partial charge in [-0.25, -0.2) is 9.67 Å². The van der Waals surface area contributed by atoms with E-state index in [1.54, 1.807) is 10.9 Å². The molecule has 1 aliphatic rings. The molecule has 0 N–H and O–H groups in total. The summed E-state index contributed by atoms with van der Waals surface area (Å²) in [6.45, 7) is 7.24. The maximum Gasteiger partial charge on any atom is 0.247 e. The number of carbonyl (C=O) groups is 1. The van der Waals surface area contributed by atoms with Gasteiger partial charge in [0.05, 0.1) is 6.04 Å². The van der Waals surface area contributed by atoms with Gasteiger partial charge in [0.15, 0.2) is 0 Å². The average molecular weight is 302 g/mol. The maximum absolute atomic E-state index is 12.7. The van der Waals surface area contributed by atoms with Crippen LogP contribution in [-0.4, -0.2) is 48.4 Å². The lowest BCUT2D eigenvalue weighted by Crippen LogP contribution is -2.44. The molecule has 2 aromatic rings. The number of piperidine rings is 1. The van der Waals surface area contributed by atoms with Crippen LogP contribution >= 0.6 is 0 Å². The molecule has 2 aromatic heterocycles. The van der Waals surface area contributed by atoms with E-state index < -0.39 is 0 Å². The van der Waals surface area contributed by atoms with E-state index in [4.69, 9.17) is 0 Å². The van der Waals surface area contributed by atoms with Gasteiger partial charge >= 0.3 is 0 Å². The van der Waals surface area contributed by atoms with Gasteiger partial charge in [-0.15, -0.1) is 0 Å². The molecule has 7 heteroatoms. The summed E-state index contributed by atoms with van der Waals surface area (Å²) in [5, 5.41) is 8.64. The van der Waals surface area contributed by atoms with Crippen molar-refractivity contribution in [3.05, 3.63) is 30.1 Å². The van der Waals surface area contributed by atoms with Crippen LogP contribution in [-0.2, 0) is 4.79 Å². The van der Waals surface area contributed by atoms with Crippen molar-refractivity contribution in [3.8, 4) is 0 Å². The minimum atomic E-state index is -0.271. The van der Waals surface area contributed by atoms with Crippen molar-refractivity contribution in [2.75, 3.05) is 13.1 Å². The molecule has 0 bridgehead atoms. The Bertz CT molecular complexity index is 647. The van der Waals surface area contributed by atoms with Crippen LogP contribution in [0.15, 0.2) is 18.5 Å². The molecule has 1 aliphatic heterocycles. The van der Waals surface area contributed by atoms with Crippen LogP contribution in [0.3, 0.4) is 0 Å². The summed E-state index contributed by atoms with van der Waals surface area (Å²) in [6.07, 6.45) is 5.55. The lowest BCUT2D eigenvalue weighted by Gasteiger charge is -2.34. The number of carbonyl (C=O) groups excluding carboxylic acids is 1. The zero-order valence-corrected chi connectivity index (χ0v) is 13.3. The minimum Gasteiger partial charge on any atom is -0.339 e. The third-order valence-corrected chi connectivity index (χ3v) is 4.24. The summed E-state index contributed by atoms with van der Waals surface area (Å²) in [7, 11) is 0. The Morgan fingerprint density at radius 3 is 2.86 bits per heavy atom. The highest BCUT2D eigenvalue weighted by Crippen LogP contribution is 2.24. The number of rotatable bonds is 3. The molecule has 22 heavy (non-hydrogen) atoms. The topological polar surface area (TPSA) is 68.8 Å². The number of aryl methyl sites for hydroxylation is 2. The second kappa shape index (κ2) is 5.90. The fraction of sp³-hybridized carbons (Fsp3) is 0.600. The number of hydrogen-bond acceptors (Lipinski definition) is 4. The van der Waals surface area contributed by atoms with Crippen LogP contribution in [0.5, 0.6) is 0 Å². The van der Waals surface area contributed by atoms with Crippen molar-refractivity contribution in [2.24, 2.45) is 0 Å². The molecule has 1 saturated heterocycles. The summed E-state index contributed by atoms with van der Waals surface area (Å²) in [5.41, 5.74) is 0. The van der Waals surface area contributed by atoms with Gasteiger partial charge in [-0.1, -0.05) is 0 Å². The van der Waals surface area contributed by atoms with Crippen molar-refractivity contribution in [2.45, 2.75) is 45.7 Å². The van der Waals surface area contributed by atoms with Gasteiger partial charge in [-0.05, 0) is 39.7 Å². The van der Waals surface area contributed by atoms with Gasteiger partial charge in [-0.3, -0.25) is 9.48 Å². The fourth-order valence-corrected chi connectivity index (χ4v) is 3.12. The monoisotopic (exact) mass is 302 g/mol. The Morgan fingerprint density at radius 1 is 1.41 bits per heavy atom. The Balaban J connectivity index is 1.73. The first-order chi connectivity index (χ1) is 10.6. The van der Waals surface area contributed by atoms with Crippen LogP contribution < -0.4 is 0 Å². The lowest BCUT2D eigenvalue weighted by molar-refractivity contribution is -0.136. The third-order valence-electron chi connectivity index (χ3n) is 4.24. The first kappa shape index (κ1) is 14.7. The minimum absolute atomic E-state index is 0.114. The number of nitrogens with zero attached hydrogens (tertiary/aromatic N) is 6. The maximum atomic E-state index is 12.7. The van der Waals surface area contributed by atoms with Gasteiger partial charge in [0.1, 0.15) is 17.7 Å². The Hall–Kier alpha value is -2.18. The van der Waals surface area contributed by atoms with Crippen LogP contribution in [0.2, 0.25) is 0 Å². The number of hydrogen-bond donors (Lipinski definition) is 0. The average Bonchev–Trinajstić information content (AvgIpc) is 3.15. The molecule has 118 valence electrons. The zero-order valence-electron chi connectivity index (χ0n) is 13.3. The molecule has 0 saturated carbocycles. The SMILES string of the molecule is Cc1nc(C)n([C@H]2CCCN(C(=O)[C@@H](C)n3cccn3)C2)n1. The normalized spacial score (nSPS) is 20.1. The van der Waals surface area contributed by atoms with E-state index in [1.165, 1.54) is 0 Å². The van der Waals surface area contributed by atoms with E-state index in [0.717, 1.165) is 31.0 Å². The molecular weight excluding hydrogens is 280 g/mol. The highest BCUT2D eigenvalue weighted by molar-refractivity contribution is 5.80. The smallest absolute Gasteiger partial charge is 0.247 e. The van der Waals surface area contributed by atoms with Gasteiger partial charge in [-0.2, -0.15) is 10.2 Å².